The van der Waals surface area contributed by atoms with E-state index in [1.165, 1.54) is 6.07 Å². The first-order valence-corrected chi connectivity index (χ1v) is 6.89. The number of rotatable bonds is 5. The summed E-state index contributed by atoms with van der Waals surface area (Å²) >= 11 is 0. The molecule has 0 aliphatic carbocycles. The first-order valence-electron chi connectivity index (χ1n) is 6.89. The smallest absolute Gasteiger partial charge is 0.264 e. The van der Waals surface area contributed by atoms with Crippen LogP contribution in [0.4, 0.5) is 5.95 Å². The molecule has 0 unspecified atom stereocenters. The van der Waals surface area contributed by atoms with Crippen LogP contribution in [0.25, 0.3) is 11.0 Å². The Kier molecular flexibility index (Phi) is 3.92. The zero-order valence-corrected chi connectivity index (χ0v) is 12.1. The van der Waals surface area contributed by atoms with Gasteiger partial charge < -0.3 is 15.5 Å². The van der Waals surface area contributed by atoms with Gasteiger partial charge in [-0.2, -0.15) is 0 Å². The number of nitrogens with zero attached hydrogens (tertiary/aromatic N) is 1. The number of imidazole rings is 1. The number of aromatic nitrogens is 2. The van der Waals surface area contributed by atoms with E-state index in [-0.39, 0.29) is 12.5 Å². The van der Waals surface area contributed by atoms with Gasteiger partial charge in [0.1, 0.15) is 5.75 Å². The summed E-state index contributed by atoms with van der Waals surface area (Å²) in [4.78, 5) is 30.2. The number of para-hydroxylation sites is 2. The van der Waals surface area contributed by atoms with Gasteiger partial charge in [0.15, 0.2) is 6.61 Å². The average Bonchev–Trinajstić information content (AvgIpc) is 2.95. The Bertz CT molecular complexity index is 839. The molecular weight excluding hydrogens is 296 g/mol. The molecule has 0 spiro atoms. The molecular formula is C16H14N4O3. The molecule has 0 aliphatic heterocycles. The molecule has 3 aromatic rings. The Balaban J connectivity index is 1.61. The summed E-state index contributed by atoms with van der Waals surface area (Å²) in [7, 11) is 0. The Hall–Kier alpha value is -3.35. The summed E-state index contributed by atoms with van der Waals surface area (Å²) in [6, 6.07) is 13.8. The van der Waals surface area contributed by atoms with Gasteiger partial charge in [-0.05, 0) is 30.3 Å². The molecule has 0 atom stereocenters. The minimum atomic E-state index is -0.554. The van der Waals surface area contributed by atoms with Crippen molar-refractivity contribution in [2.45, 2.75) is 0 Å². The van der Waals surface area contributed by atoms with Crippen molar-refractivity contribution >= 4 is 28.8 Å². The van der Waals surface area contributed by atoms with E-state index in [9.17, 15) is 9.59 Å². The van der Waals surface area contributed by atoms with Crippen LogP contribution in [-0.4, -0.2) is 28.4 Å². The number of primary amides is 1. The van der Waals surface area contributed by atoms with Gasteiger partial charge >= 0.3 is 0 Å². The molecule has 0 fully saturated rings. The molecule has 0 aliphatic rings. The Morgan fingerprint density at radius 3 is 2.78 bits per heavy atom. The normalized spacial score (nSPS) is 10.4. The number of carbonyl (C=O) groups is 2. The molecule has 2 amide bonds. The molecule has 0 radical (unpaired) electrons. The summed E-state index contributed by atoms with van der Waals surface area (Å²) in [6.07, 6.45) is 0. The third kappa shape index (κ3) is 3.46. The highest BCUT2D eigenvalue weighted by Gasteiger charge is 2.08. The number of H-pyrrole nitrogens is 1. The highest BCUT2D eigenvalue weighted by molar-refractivity contribution is 5.93. The predicted molar refractivity (Wildman–Crippen MR) is 85.2 cm³/mol. The summed E-state index contributed by atoms with van der Waals surface area (Å²) in [5.41, 5.74) is 7.10. The summed E-state index contributed by atoms with van der Waals surface area (Å²) < 4.78 is 5.34. The number of nitrogens with two attached hydrogens (primary N) is 1. The van der Waals surface area contributed by atoms with Gasteiger partial charge in [0, 0.05) is 5.56 Å². The SMILES string of the molecule is NC(=O)c1cccc(OCC(=O)Nc2nc3ccccc3[nH]2)c1. The zero-order valence-electron chi connectivity index (χ0n) is 12.1. The van der Waals surface area contributed by atoms with Crippen LogP contribution in [-0.2, 0) is 4.79 Å². The third-order valence-corrected chi connectivity index (χ3v) is 3.14. The quantitative estimate of drug-likeness (QED) is 0.666. The molecule has 116 valence electrons. The molecule has 1 heterocycles. The maximum absolute atomic E-state index is 11.9. The lowest BCUT2D eigenvalue weighted by Gasteiger charge is -2.06. The van der Waals surface area contributed by atoms with Crippen LogP contribution in [0, 0.1) is 0 Å². The number of carbonyl (C=O) groups excluding carboxylic acids is 2. The minimum absolute atomic E-state index is 0.209. The molecule has 23 heavy (non-hydrogen) atoms. The van der Waals surface area contributed by atoms with Crippen molar-refractivity contribution in [2.24, 2.45) is 5.73 Å². The second-order valence-electron chi connectivity index (χ2n) is 4.83. The van der Waals surface area contributed by atoms with Gasteiger partial charge in [-0.1, -0.05) is 18.2 Å². The van der Waals surface area contributed by atoms with E-state index in [1.807, 2.05) is 24.3 Å². The first-order chi connectivity index (χ1) is 11.1. The Morgan fingerprint density at radius 1 is 1.17 bits per heavy atom. The number of benzene rings is 2. The minimum Gasteiger partial charge on any atom is -0.484 e. The second-order valence-corrected chi connectivity index (χ2v) is 4.83. The summed E-state index contributed by atoms with van der Waals surface area (Å²) in [6.45, 7) is -0.209. The number of aromatic amines is 1. The van der Waals surface area contributed by atoms with Crippen molar-refractivity contribution in [1.29, 1.82) is 0 Å². The van der Waals surface area contributed by atoms with Crippen molar-refractivity contribution in [3.8, 4) is 5.75 Å². The van der Waals surface area contributed by atoms with E-state index < -0.39 is 5.91 Å². The molecule has 1 aromatic heterocycles. The lowest BCUT2D eigenvalue weighted by Crippen LogP contribution is -2.21. The highest BCUT2D eigenvalue weighted by Crippen LogP contribution is 2.14. The van der Waals surface area contributed by atoms with Crippen LogP contribution in [0.2, 0.25) is 0 Å². The number of anilines is 1. The fourth-order valence-electron chi connectivity index (χ4n) is 2.07. The van der Waals surface area contributed by atoms with E-state index in [0.29, 0.717) is 17.3 Å². The number of ether oxygens (including phenoxy) is 1. The van der Waals surface area contributed by atoms with Crippen LogP contribution in [0.1, 0.15) is 10.4 Å². The van der Waals surface area contributed by atoms with Crippen LogP contribution >= 0.6 is 0 Å². The fourth-order valence-corrected chi connectivity index (χ4v) is 2.07. The van der Waals surface area contributed by atoms with Crippen LogP contribution in [0.15, 0.2) is 48.5 Å². The topological polar surface area (TPSA) is 110 Å². The Morgan fingerprint density at radius 2 is 2.00 bits per heavy atom. The van der Waals surface area contributed by atoms with Crippen molar-refractivity contribution in [1.82, 2.24) is 9.97 Å². The van der Waals surface area contributed by atoms with Crippen LogP contribution in [0.5, 0.6) is 5.75 Å². The average molecular weight is 310 g/mol. The summed E-state index contributed by atoms with van der Waals surface area (Å²) in [5.74, 6) is -0.178. The number of hydrogen-bond acceptors (Lipinski definition) is 4. The lowest BCUT2D eigenvalue weighted by molar-refractivity contribution is -0.118. The number of nitrogens with one attached hydrogen (secondary N) is 2. The molecule has 0 saturated heterocycles. The van der Waals surface area contributed by atoms with Gasteiger partial charge in [0.2, 0.25) is 11.9 Å². The van der Waals surface area contributed by atoms with Gasteiger partial charge in [0.05, 0.1) is 11.0 Å². The van der Waals surface area contributed by atoms with Crippen molar-refractivity contribution in [2.75, 3.05) is 11.9 Å². The molecule has 7 nitrogen and oxygen atoms in total. The van der Waals surface area contributed by atoms with E-state index in [2.05, 4.69) is 15.3 Å². The maximum Gasteiger partial charge on any atom is 0.264 e. The van der Waals surface area contributed by atoms with Crippen molar-refractivity contribution in [3.05, 3.63) is 54.1 Å². The third-order valence-electron chi connectivity index (χ3n) is 3.14. The molecule has 4 N–H and O–H groups in total. The van der Waals surface area contributed by atoms with E-state index >= 15 is 0 Å². The Labute approximate surface area is 131 Å². The number of amides is 2. The van der Waals surface area contributed by atoms with Crippen molar-refractivity contribution < 1.29 is 14.3 Å². The maximum atomic E-state index is 11.9. The summed E-state index contributed by atoms with van der Waals surface area (Å²) in [5, 5.41) is 2.62. The predicted octanol–water partition coefficient (Wildman–Crippen LogP) is 1.68. The molecule has 3 rings (SSSR count). The van der Waals surface area contributed by atoms with E-state index in [0.717, 1.165) is 11.0 Å². The standard InChI is InChI=1S/C16H14N4O3/c17-15(22)10-4-3-5-11(8-10)23-9-14(21)20-16-18-12-6-1-2-7-13(12)19-16/h1-8H,9H2,(H2,17,22)(H2,18,19,20,21). The van der Waals surface area contributed by atoms with Crippen molar-refractivity contribution in [3.63, 3.8) is 0 Å². The van der Waals surface area contributed by atoms with Gasteiger partial charge in [-0.15, -0.1) is 0 Å². The molecule has 7 heteroatoms. The fraction of sp³-hybridized carbons (Fsp3) is 0.0625. The second kappa shape index (κ2) is 6.18. The van der Waals surface area contributed by atoms with E-state index in [4.69, 9.17) is 10.5 Å². The first kappa shape index (κ1) is 14.6. The van der Waals surface area contributed by atoms with Crippen LogP contribution in [0.3, 0.4) is 0 Å². The number of fused-ring (bicyclic) bond motifs is 1. The number of hydrogen-bond donors (Lipinski definition) is 3. The van der Waals surface area contributed by atoms with E-state index in [1.54, 1.807) is 18.2 Å². The van der Waals surface area contributed by atoms with Gasteiger partial charge in [0.25, 0.3) is 5.91 Å². The van der Waals surface area contributed by atoms with Gasteiger partial charge in [-0.25, -0.2) is 4.98 Å². The zero-order chi connectivity index (χ0) is 16.2. The van der Waals surface area contributed by atoms with Crippen LogP contribution < -0.4 is 15.8 Å². The van der Waals surface area contributed by atoms with Gasteiger partial charge in [-0.3, -0.25) is 14.9 Å². The monoisotopic (exact) mass is 310 g/mol. The lowest BCUT2D eigenvalue weighted by atomic mass is 10.2. The largest absolute Gasteiger partial charge is 0.484 e. The molecule has 0 saturated carbocycles. The molecule has 0 bridgehead atoms. The molecule has 2 aromatic carbocycles. The highest BCUT2D eigenvalue weighted by atomic mass is 16.5.